The summed E-state index contributed by atoms with van der Waals surface area (Å²) in [6.45, 7) is 0.0358. The zero-order valence-electron chi connectivity index (χ0n) is 6.73. The molecule has 0 spiro atoms. The molecule has 0 N–H and O–H groups in total. The second-order valence-electron chi connectivity index (χ2n) is 2.41. The molecule has 0 bridgehead atoms. The molecule has 0 aliphatic rings. The summed E-state index contributed by atoms with van der Waals surface area (Å²) >= 11 is 3.00. The van der Waals surface area contributed by atoms with E-state index in [1.807, 2.05) is 6.07 Å². The Labute approximate surface area is 84.0 Å². The van der Waals surface area contributed by atoms with E-state index < -0.39 is 9.84 Å². The van der Waals surface area contributed by atoms with Gasteiger partial charge in [0, 0.05) is 12.5 Å². The molecule has 1 aromatic heterocycles. The quantitative estimate of drug-likeness (QED) is 0.782. The lowest BCUT2D eigenvalue weighted by Crippen LogP contribution is -1.96. The highest BCUT2D eigenvalue weighted by atomic mass is 79.9. The Balaban J connectivity index is 3.20. The first kappa shape index (κ1) is 10.2. The van der Waals surface area contributed by atoms with Gasteiger partial charge in [0.05, 0.1) is 6.07 Å². The van der Waals surface area contributed by atoms with Gasteiger partial charge >= 0.3 is 0 Å². The molecule has 1 heterocycles. The number of hydrogen-bond acceptors (Lipinski definition) is 4. The molecule has 0 amide bonds. The molecule has 0 saturated heterocycles. The maximum atomic E-state index is 11.1. The van der Waals surface area contributed by atoms with Crippen LogP contribution in [0.2, 0.25) is 0 Å². The van der Waals surface area contributed by atoms with Crippen molar-refractivity contribution in [2.45, 2.75) is 11.4 Å². The largest absolute Gasteiger partial charge is 0.256 e. The Kier molecular flexibility index (Phi) is 2.73. The molecular weight excluding hydrogens is 258 g/mol. The van der Waals surface area contributed by atoms with Crippen molar-refractivity contribution in [3.8, 4) is 6.07 Å². The third-order valence-corrected chi connectivity index (χ3v) is 3.26. The van der Waals surface area contributed by atoms with E-state index in [9.17, 15) is 8.42 Å². The highest BCUT2D eigenvalue weighted by molar-refractivity contribution is 9.10. The van der Waals surface area contributed by atoms with E-state index in [1.165, 1.54) is 10.9 Å². The van der Waals surface area contributed by atoms with E-state index in [2.05, 4.69) is 21.0 Å². The average Bonchev–Trinajstić information content (AvgIpc) is 2.30. The molecule has 0 fully saturated rings. The molecule has 70 valence electrons. The van der Waals surface area contributed by atoms with E-state index in [0.717, 1.165) is 6.26 Å². The average molecular weight is 264 g/mol. The summed E-state index contributed by atoms with van der Waals surface area (Å²) in [7, 11) is -3.27. The fraction of sp³-hybridized carbons (Fsp3) is 0.333. The normalized spacial score (nSPS) is 11.2. The van der Waals surface area contributed by atoms with E-state index in [1.54, 1.807) is 0 Å². The lowest BCUT2D eigenvalue weighted by atomic mass is 10.7. The number of sulfone groups is 1. The molecule has 5 nitrogen and oxygen atoms in total. The summed E-state index contributed by atoms with van der Waals surface area (Å²) in [4.78, 5) is 0.0998. The Morgan fingerprint density at radius 2 is 2.38 bits per heavy atom. The predicted octanol–water partition coefficient (Wildman–Crippen LogP) is 0.573. The van der Waals surface area contributed by atoms with Gasteiger partial charge in [0.15, 0.2) is 9.84 Å². The summed E-state index contributed by atoms with van der Waals surface area (Å²) in [6, 6.07) is 1.86. The minimum absolute atomic E-state index is 0.0358. The van der Waals surface area contributed by atoms with Gasteiger partial charge in [0.25, 0.3) is 0 Å². The molecule has 0 aliphatic heterocycles. The number of hydrogen-bond donors (Lipinski definition) is 0. The first-order valence-corrected chi connectivity index (χ1v) is 5.93. The standard InChI is InChI=1S/C6H6BrN3O2S/c1-13(11,12)5-4-10(3-2-8)9-6(5)7/h4H,3H2,1H3. The Morgan fingerprint density at radius 3 is 2.77 bits per heavy atom. The van der Waals surface area contributed by atoms with Crippen LogP contribution in [0.4, 0.5) is 0 Å². The molecule has 0 radical (unpaired) electrons. The lowest BCUT2D eigenvalue weighted by molar-refractivity contribution is 0.601. The van der Waals surface area contributed by atoms with Crippen molar-refractivity contribution in [2.24, 2.45) is 0 Å². The maximum absolute atomic E-state index is 11.1. The van der Waals surface area contributed by atoms with Gasteiger partial charge < -0.3 is 0 Å². The highest BCUT2D eigenvalue weighted by Crippen LogP contribution is 2.19. The number of rotatable bonds is 2. The number of nitriles is 1. The minimum atomic E-state index is -3.27. The van der Waals surface area contributed by atoms with Crippen molar-refractivity contribution >= 4 is 25.8 Å². The maximum Gasteiger partial charge on any atom is 0.179 e. The van der Waals surface area contributed by atoms with E-state index in [-0.39, 0.29) is 16.0 Å². The van der Waals surface area contributed by atoms with Crippen molar-refractivity contribution < 1.29 is 8.42 Å². The van der Waals surface area contributed by atoms with Crippen LogP contribution in [0.5, 0.6) is 0 Å². The van der Waals surface area contributed by atoms with E-state index in [0.29, 0.717) is 0 Å². The third-order valence-electron chi connectivity index (χ3n) is 1.32. The number of aromatic nitrogens is 2. The number of halogens is 1. The first-order chi connectivity index (χ1) is 5.95. The van der Waals surface area contributed by atoms with Gasteiger partial charge in [0.2, 0.25) is 0 Å². The predicted molar refractivity (Wildman–Crippen MR) is 48.6 cm³/mol. The fourth-order valence-electron chi connectivity index (χ4n) is 0.782. The van der Waals surface area contributed by atoms with Crippen molar-refractivity contribution in [1.82, 2.24) is 9.78 Å². The van der Waals surface area contributed by atoms with Crippen LogP contribution < -0.4 is 0 Å². The monoisotopic (exact) mass is 263 g/mol. The van der Waals surface area contributed by atoms with Crippen LogP contribution in [-0.2, 0) is 16.4 Å². The SMILES string of the molecule is CS(=O)(=O)c1cn(CC#N)nc1Br. The highest BCUT2D eigenvalue weighted by Gasteiger charge is 2.15. The molecule has 0 aromatic carbocycles. The van der Waals surface area contributed by atoms with Gasteiger partial charge in [-0.3, -0.25) is 4.68 Å². The van der Waals surface area contributed by atoms with Crippen LogP contribution >= 0.6 is 15.9 Å². The van der Waals surface area contributed by atoms with Crippen molar-refractivity contribution in [2.75, 3.05) is 6.26 Å². The number of nitrogens with zero attached hydrogens (tertiary/aromatic N) is 3. The van der Waals surface area contributed by atoms with Crippen molar-refractivity contribution in [3.05, 3.63) is 10.8 Å². The lowest BCUT2D eigenvalue weighted by Gasteiger charge is -1.90. The summed E-state index contributed by atoms with van der Waals surface area (Å²) in [5.74, 6) is 0. The Morgan fingerprint density at radius 1 is 1.77 bits per heavy atom. The van der Waals surface area contributed by atoms with Crippen LogP contribution in [0.25, 0.3) is 0 Å². The second kappa shape index (κ2) is 3.47. The molecule has 13 heavy (non-hydrogen) atoms. The fourth-order valence-corrected chi connectivity index (χ4v) is 2.63. The summed E-state index contributed by atoms with van der Waals surface area (Å²) in [5.41, 5.74) is 0. The topological polar surface area (TPSA) is 75.8 Å². The van der Waals surface area contributed by atoms with Crippen LogP contribution in [0.1, 0.15) is 0 Å². The zero-order chi connectivity index (χ0) is 10.1. The molecule has 1 aromatic rings. The summed E-state index contributed by atoms with van der Waals surface area (Å²) in [5, 5.41) is 12.1. The Bertz CT molecular complexity index is 457. The molecule has 0 aliphatic carbocycles. The van der Waals surface area contributed by atoms with E-state index >= 15 is 0 Å². The van der Waals surface area contributed by atoms with Crippen LogP contribution in [0.15, 0.2) is 15.7 Å². The molecule has 7 heteroatoms. The molecule has 0 saturated carbocycles. The molecule has 0 atom stereocenters. The third kappa shape index (κ3) is 2.29. The van der Waals surface area contributed by atoms with Gasteiger partial charge in [-0.2, -0.15) is 10.4 Å². The smallest absolute Gasteiger partial charge is 0.179 e. The van der Waals surface area contributed by atoms with E-state index in [4.69, 9.17) is 5.26 Å². The van der Waals surface area contributed by atoms with Crippen LogP contribution in [0.3, 0.4) is 0 Å². The molecule has 0 unspecified atom stereocenters. The van der Waals surface area contributed by atoms with Gasteiger partial charge in [-0.1, -0.05) is 0 Å². The van der Waals surface area contributed by atoms with Gasteiger partial charge in [-0.05, 0) is 15.9 Å². The van der Waals surface area contributed by atoms with Crippen LogP contribution in [-0.4, -0.2) is 24.5 Å². The van der Waals surface area contributed by atoms with Gasteiger partial charge in [-0.25, -0.2) is 8.42 Å². The van der Waals surface area contributed by atoms with Gasteiger partial charge in [0.1, 0.15) is 16.0 Å². The van der Waals surface area contributed by atoms with Gasteiger partial charge in [-0.15, -0.1) is 0 Å². The molecular formula is C6H6BrN3O2S. The van der Waals surface area contributed by atoms with Crippen molar-refractivity contribution in [3.63, 3.8) is 0 Å². The summed E-state index contributed by atoms with van der Waals surface area (Å²) < 4.78 is 23.7. The molecule has 1 rings (SSSR count). The first-order valence-electron chi connectivity index (χ1n) is 3.25. The summed E-state index contributed by atoms with van der Waals surface area (Å²) in [6.07, 6.45) is 2.41. The van der Waals surface area contributed by atoms with Crippen LogP contribution in [0, 0.1) is 11.3 Å². The van der Waals surface area contributed by atoms with Crippen molar-refractivity contribution in [1.29, 1.82) is 5.26 Å². The second-order valence-corrected chi connectivity index (χ2v) is 5.15. The zero-order valence-corrected chi connectivity index (χ0v) is 9.13. The Hall–Kier alpha value is -0.870. The minimum Gasteiger partial charge on any atom is -0.256 e.